The van der Waals surface area contributed by atoms with E-state index in [-0.39, 0.29) is 31.4 Å². The molecule has 0 spiro atoms. The van der Waals surface area contributed by atoms with E-state index in [1.807, 2.05) is 0 Å². The molecule has 12 heteroatoms. The van der Waals surface area contributed by atoms with Crippen molar-refractivity contribution in [2.75, 3.05) is 13.6 Å². The second-order valence-electron chi connectivity index (χ2n) is 5.42. The van der Waals surface area contributed by atoms with Crippen LogP contribution in [0, 0.1) is 0 Å². The zero-order chi connectivity index (χ0) is 18.6. The summed E-state index contributed by atoms with van der Waals surface area (Å²) in [6.45, 7) is 0.162. The third-order valence-corrected chi connectivity index (χ3v) is 3.62. The molecule has 8 N–H and O–H groups in total. The van der Waals surface area contributed by atoms with Gasteiger partial charge in [-0.15, -0.1) is 0 Å². The molecule has 2 heterocycles. The van der Waals surface area contributed by atoms with Crippen molar-refractivity contribution < 1.29 is 18.9 Å². The largest absolute Gasteiger partial charge is 0.360 e. The molecule has 2 rings (SSSR count). The smallest absolute Gasteiger partial charge is 0.318 e. The summed E-state index contributed by atoms with van der Waals surface area (Å²) in [6, 6.07) is -0.786. The first-order valence-corrected chi connectivity index (χ1v) is 7.40. The van der Waals surface area contributed by atoms with Crippen LogP contribution in [0.2, 0.25) is 0 Å². The number of carbonyl (C=O) groups is 3. The number of nitrogens with zero attached hydrogens (tertiary/aromatic N) is 3. The third-order valence-electron chi connectivity index (χ3n) is 3.62. The number of aliphatic imine (C=N–C) groups is 1. The summed E-state index contributed by atoms with van der Waals surface area (Å²) >= 11 is 0. The molecule has 0 fully saturated rings. The van der Waals surface area contributed by atoms with Crippen molar-refractivity contribution in [1.29, 1.82) is 0 Å². The maximum absolute atomic E-state index is 12.4. The summed E-state index contributed by atoms with van der Waals surface area (Å²) in [5, 5.41) is 8.29. The summed E-state index contributed by atoms with van der Waals surface area (Å²) in [5.74, 6) is -0.452. The number of guanidine groups is 1. The number of rotatable bonds is 5. The van der Waals surface area contributed by atoms with E-state index in [9.17, 15) is 14.4 Å². The average molecular weight is 352 g/mol. The molecule has 0 bridgehead atoms. The molecule has 2 atom stereocenters. The number of hydrogen-bond donors (Lipinski definition) is 5. The summed E-state index contributed by atoms with van der Waals surface area (Å²) in [6.07, 6.45) is -0.0765. The minimum Gasteiger partial charge on any atom is -0.360 e. The normalized spacial score (nSPS) is 18.1. The lowest BCUT2D eigenvalue weighted by Gasteiger charge is -2.29. The minimum absolute atomic E-state index is 0.0137. The van der Waals surface area contributed by atoms with Gasteiger partial charge in [0.25, 0.3) is 5.91 Å². The van der Waals surface area contributed by atoms with E-state index in [4.69, 9.17) is 21.7 Å². The highest BCUT2D eigenvalue weighted by Gasteiger charge is 2.31. The van der Waals surface area contributed by atoms with Crippen LogP contribution in [-0.2, 0) is 16.1 Å². The molecular formula is C13H20N8O4. The van der Waals surface area contributed by atoms with E-state index < -0.39 is 24.0 Å². The number of hydrogen-bond acceptors (Lipinski definition) is 8. The van der Waals surface area contributed by atoms with Crippen molar-refractivity contribution in [2.45, 2.75) is 25.0 Å². The van der Waals surface area contributed by atoms with E-state index in [1.165, 1.54) is 11.9 Å². The Labute approximate surface area is 142 Å². The van der Waals surface area contributed by atoms with Crippen molar-refractivity contribution in [1.82, 2.24) is 20.7 Å². The first kappa shape index (κ1) is 18.4. The molecule has 1 aromatic heterocycles. The van der Waals surface area contributed by atoms with Crippen LogP contribution in [-0.4, -0.2) is 53.5 Å². The van der Waals surface area contributed by atoms with Crippen molar-refractivity contribution in [3.8, 4) is 0 Å². The van der Waals surface area contributed by atoms with E-state index >= 15 is 0 Å². The van der Waals surface area contributed by atoms with Crippen molar-refractivity contribution in [3.63, 3.8) is 0 Å². The predicted molar refractivity (Wildman–Crippen MR) is 85.7 cm³/mol. The lowest BCUT2D eigenvalue weighted by atomic mass is 10.1. The van der Waals surface area contributed by atoms with Crippen molar-refractivity contribution in [2.24, 2.45) is 22.2 Å². The molecule has 1 aliphatic rings. The van der Waals surface area contributed by atoms with Gasteiger partial charge in [0.2, 0.25) is 11.9 Å². The third kappa shape index (κ3) is 4.51. The van der Waals surface area contributed by atoms with Gasteiger partial charge in [-0.05, 0) is 0 Å². The Kier molecular flexibility index (Phi) is 5.67. The van der Waals surface area contributed by atoms with Gasteiger partial charge in [-0.25, -0.2) is 9.79 Å². The molecule has 4 amide bonds. The monoisotopic (exact) mass is 352 g/mol. The highest BCUT2D eigenvalue weighted by Crippen LogP contribution is 2.16. The number of urea groups is 1. The lowest BCUT2D eigenvalue weighted by molar-refractivity contribution is -0.138. The zero-order valence-electron chi connectivity index (χ0n) is 13.6. The van der Waals surface area contributed by atoms with Gasteiger partial charge < -0.3 is 26.6 Å². The van der Waals surface area contributed by atoms with Crippen molar-refractivity contribution >= 4 is 23.8 Å². The minimum atomic E-state index is -0.850. The van der Waals surface area contributed by atoms with Gasteiger partial charge in [0.1, 0.15) is 11.7 Å². The Morgan fingerprint density at radius 2 is 2.28 bits per heavy atom. The fraction of sp³-hybridized carbons (Fsp3) is 0.462. The highest BCUT2D eigenvalue weighted by atomic mass is 16.5. The molecule has 0 aliphatic carbocycles. The van der Waals surface area contributed by atoms with Gasteiger partial charge >= 0.3 is 6.03 Å². The number of nitrogens with two attached hydrogens (primary N) is 3. The topological polar surface area (TPSA) is 195 Å². The molecule has 0 radical (unpaired) electrons. The van der Waals surface area contributed by atoms with Crippen molar-refractivity contribution in [3.05, 3.63) is 17.5 Å². The molecule has 136 valence electrons. The summed E-state index contributed by atoms with van der Waals surface area (Å²) in [7, 11) is 1.47. The van der Waals surface area contributed by atoms with Gasteiger partial charge in [0.15, 0.2) is 5.76 Å². The van der Waals surface area contributed by atoms with E-state index in [1.54, 1.807) is 6.07 Å². The number of nitrogens with one attached hydrogen (secondary N) is 2. The fourth-order valence-electron chi connectivity index (χ4n) is 2.20. The first-order valence-electron chi connectivity index (χ1n) is 7.40. The van der Waals surface area contributed by atoms with Gasteiger partial charge in [-0.3, -0.25) is 20.2 Å². The SMILES string of the molecule is CN(C(=O)CC(N)c1cc(CN)on1)C1CN=C(NC(N)=O)NC1=O. The van der Waals surface area contributed by atoms with E-state index in [0.29, 0.717) is 11.5 Å². The second kappa shape index (κ2) is 7.72. The Bertz CT molecular complexity index is 700. The maximum Gasteiger partial charge on any atom is 0.318 e. The quantitative estimate of drug-likeness (QED) is 0.386. The predicted octanol–water partition coefficient (Wildman–Crippen LogP) is -2.50. The molecular weight excluding hydrogens is 332 g/mol. The Morgan fingerprint density at radius 3 is 2.84 bits per heavy atom. The van der Waals surface area contributed by atoms with Crippen LogP contribution in [0.4, 0.5) is 4.79 Å². The van der Waals surface area contributed by atoms with Gasteiger partial charge in [-0.1, -0.05) is 5.16 Å². The fourth-order valence-corrected chi connectivity index (χ4v) is 2.20. The lowest BCUT2D eigenvalue weighted by Crippen LogP contribution is -2.58. The molecule has 1 aliphatic heterocycles. The van der Waals surface area contributed by atoms with Crippen LogP contribution in [0.1, 0.15) is 23.9 Å². The maximum atomic E-state index is 12.4. The van der Waals surface area contributed by atoms with Gasteiger partial charge in [0, 0.05) is 19.5 Å². The second-order valence-corrected chi connectivity index (χ2v) is 5.42. The standard InChI is InChI=1S/C13H20N8O4/c1-21(9-5-17-13(18-11(9)23)19-12(16)24)10(22)3-7(15)8-2-6(4-14)25-20-8/h2,7,9H,3-5,14-15H2,1H3,(H4,16,17,18,19,23,24). The molecule has 0 aromatic carbocycles. The van der Waals surface area contributed by atoms with Crippen LogP contribution < -0.4 is 27.8 Å². The van der Waals surface area contributed by atoms with E-state index in [0.717, 1.165) is 0 Å². The first-order chi connectivity index (χ1) is 11.8. The molecule has 12 nitrogen and oxygen atoms in total. The molecule has 0 saturated carbocycles. The van der Waals surface area contributed by atoms with Gasteiger partial charge in [0.05, 0.1) is 19.1 Å². The number of amides is 4. The zero-order valence-corrected chi connectivity index (χ0v) is 13.6. The summed E-state index contributed by atoms with van der Waals surface area (Å²) in [4.78, 5) is 40.4. The number of carbonyl (C=O) groups excluding carboxylic acids is 3. The van der Waals surface area contributed by atoms with Crippen LogP contribution in [0.3, 0.4) is 0 Å². The Morgan fingerprint density at radius 1 is 1.56 bits per heavy atom. The Hall–Kier alpha value is -2.99. The molecule has 25 heavy (non-hydrogen) atoms. The Balaban J connectivity index is 1.96. The number of likely N-dealkylation sites (N-methyl/N-ethyl adjacent to an activating group) is 1. The summed E-state index contributed by atoms with van der Waals surface area (Å²) in [5.41, 5.74) is 16.7. The number of aromatic nitrogens is 1. The summed E-state index contributed by atoms with van der Waals surface area (Å²) < 4.78 is 4.95. The molecule has 1 aromatic rings. The van der Waals surface area contributed by atoms with Crippen LogP contribution in [0.5, 0.6) is 0 Å². The molecule has 0 saturated heterocycles. The van der Waals surface area contributed by atoms with E-state index in [2.05, 4.69) is 20.8 Å². The number of primary amides is 1. The van der Waals surface area contributed by atoms with Gasteiger partial charge in [-0.2, -0.15) is 0 Å². The molecule has 2 unspecified atom stereocenters. The van der Waals surface area contributed by atoms with Crippen LogP contribution >= 0.6 is 0 Å². The van der Waals surface area contributed by atoms with Crippen LogP contribution in [0.25, 0.3) is 0 Å². The van der Waals surface area contributed by atoms with Crippen LogP contribution in [0.15, 0.2) is 15.6 Å². The highest BCUT2D eigenvalue weighted by molar-refractivity contribution is 6.07. The average Bonchev–Trinajstić information content (AvgIpc) is 3.03.